The first-order chi connectivity index (χ1) is 12.6. The van der Waals surface area contributed by atoms with Crippen LogP contribution in [0.1, 0.15) is 35.4 Å². The predicted octanol–water partition coefficient (Wildman–Crippen LogP) is 4.02. The smallest absolute Gasteiger partial charge is 0.275 e. The minimum atomic E-state index is -0.369. The van der Waals surface area contributed by atoms with Crippen molar-refractivity contribution in [1.82, 2.24) is 9.38 Å². The third kappa shape index (κ3) is 3.14. The molecule has 1 aliphatic heterocycles. The van der Waals surface area contributed by atoms with Gasteiger partial charge in [0.15, 0.2) is 0 Å². The Kier molecular flexibility index (Phi) is 4.32. The molecule has 1 amide bonds. The molecule has 0 bridgehead atoms. The Balaban J connectivity index is 1.64. The molecule has 1 aromatic carbocycles. The number of piperidine rings is 1. The Bertz CT molecular complexity index is 960. The Morgan fingerprint density at radius 1 is 1.15 bits per heavy atom. The highest BCUT2D eigenvalue weighted by Gasteiger charge is 2.18. The van der Waals surface area contributed by atoms with E-state index in [0.29, 0.717) is 17.0 Å². The summed E-state index contributed by atoms with van der Waals surface area (Å²) >= 11 is 0. The van der Waals surface area contributed by atoms with Gasteiger partial charge in [0.25, 0.3) is 5.91 Å². The fourth-order valence-corrected chi connectivity index (χ4v) is 3.46. The van der Waals surface area contributed by atoms with E-state index in [1.54, 1.807) is 12.3 Å². The highest BCUT2D eigenvalue weighted by molar-refractivity contribution is 6.05. The van der Waals surface area contributed by atoms with Crippen molar-refractivity contribution < 1.29 is 9.18 Å². The highest BCUT2D eigenvalue weighted by Crippen LogP contribution is 2.29. The molecule has 0 saturated carbocycles. The summed E-state index contributed by atoms with van der Waals surface area (Å²) in [5, 5.41) is 2.85. The van der Waals surface area contributed by atoms with Crippen molar-refractivity contribution in [3.63, 3.8) is 0 Å². The van der Waals surface area contributed by atoms with E-state index in [-0.39, 0.29) is 11.7 Å². The third-order valence-electron chi connectivity index (χ3n) is 4.83. The van der Waals surface area contributed by atoms with Crippen LogP contribution in [-0.4, -0.2) is 28.4 Å². The van der Waals surface area contributed by atoms with Gasteiger partial charge in [-0.05, 0) is 56.5 Å². The molecule has 0 unspecified atom stereocenters. The maximum Gasteiger partial charge on any atom is 0.275 e. The number of aromatic nitrogens is 2. The van der Waals surface area contributed by atoms with E-state index in [1.807, 2.05) is 29.5 Å². The van der Waals surface area contributed by atoms with Crippen LogP contribution in [0, 0.1) is 12.7 Å². The van der Waals surface area contributed by atoms with Gasteiger partial charge >= 0.3 is 0 Å². The molecule has 0 spiro atoms. The third-order valence-corrected chi connectivity index (χ3v) is 4.83. The Morgan fingerprint density at radius 3 is 2.73 bits per heavy atom. The van der Waals surface area contributed by atoms with E-state index in [4.69, 9.17) is 0 Å². The van der Waals surface area contributed by atoms with Crippen LogP contribution in [0.3, 0.4) is 0 Å². The van der Waals surface area contributed by atoms with Crippen LogP contribution in [0.5, 0.6) is 0 Å². The second-order valence-corrected chi connectivity index (χ2v) is 6.68. The van der Waals surface area contributed by atoms with Crippen LogP contribution in [0.4, 0.5) is 15.8 Å². The fraction of sp³-hybridized carbons (Fsp3) is 0.300. The summed E-state index contributed by atoms with van der Waals surface area (Å²) in [6, 6.07) is 10.3. The lowest BCUT2D eigenvalue weighted by Crippen LogP contribution is -2.30. The summed E-state index contributed by atoms with van der Waals surface area (Å²) in [5.41, 5.74) is 3.37. The Labute approximate surface area is 151 Å². The van der Waals surface area contributed by atoms with Crippen LogP contribution in [0.15, 0.2) is 42.6 Å². The summed E-state index contributed by atoms with van der Waals surface area (Å²) in [6.07, 6.45) is 5.13. The van der Waals surface area contributed by atoms with E-state index in [0.717, 1.165) is 37.3 Å². The number of halogens is 1. The highest BCUT2D eigenvalue weighted by atomic mass is 19.1. The number of amides is 1. The summed E-state index contributed by atoms with van der Waals surface area (Å²) in [5.74, 6) is -0.705. The molecule has 134 valence electrons. The van der Waals surface area contributed by atoms with Gasteiger partial charge < -0.3 is 14.6 Å². The second kappa shape index (κ2) is 6.78. The lowest BCUT2D eigenvalue weighted by molar-refractivity contribution is 0.102. The predicted molar refractivity (Wildman–Crippen MR) is 100 cm³/mol. The van der Waals surface area contributed by atoms with Crippen LogP contribution in [0.25, 0.3) is 5.65 Å². The van der Waals surface area contributed by atoms with Crippen molar-refractivity contribution in [2.45, 2.75) is 26.2 Å². The van der Waals surface area contributed by atoms with Crippen molar-refractivity contribution in [3.8, 4) is 0 Å². The molecule has 1 saturated heterocycles. The van der Waals surface area contributed by atoms with Gasteiger partial charge in [-0.2, -0.15) is 0 Å². The number of benzene rings is 1. The number of rotatable bonds is 3. The zero-order valence-corrected chi connectivity index (χ0v) is 14.7. The number of hydrogen-bond acceptors (Lipinski definition) is 3. The minimum absolute atomic E-state index is 0.313. The van der Waals surface area contributed by atoms with Crippen LogP contribution >= 0.6 is 0 Å². The lowest BCUT2D eigenvalue weighted by Gasteiger charge is -2.30. The minimum Gasteiger partial charge on any atom is -0.370 e. The molecule has 1 N–H and O–H groups in total. The fourth-order valence-electron chi connectivity index (χ4n) is 3.46. The zero-order valence-electron chi connectivity index (χ0n) is 14.7. The SMILES string of the molecule is Cc1cccc2nc(C(=O)Nc3cc(F)ccc3N3CCCCC3)cn12. The quantitative estimate of drug-likeness (QED) is 0.774. The number of hydrogen-bond donors (Lipinski definition) is 1. The summed E-state index contributed by atoms with van der Waals surface area (Å²) < 4.78 is 15.7. The average Bonchev–Trinajstić information content (AvgIpc) is 3.09. The van der Waals surface area contributed by atoms with Crippen molar-refractivity contribution in [1.29, 1.82) is 0 Å². The molecule has 0 aliphatic carbocycles. The van der Waals surface area contributed by atoms with E-state index < -0.39 is 0 Å². The van der Waals surface area contributed by atoms with Crippen LogP contribution in [-0.2, 0) is 0 Å². The number of carbonyl (C=O) groups excluding carboxylic acids is 1. The van der Waals surface area contributed by atoms with Gasteiger partial charge in [-0.25, -0.2) is 9.37 Å². The summed E-state index contributed by atoms with van der Waals surface area (Å²) in [7, 11) is 0. The lowest BCUT2D eigenvalue weighted by atomic mass is 10.1. The molecule has 3 aromatic rings. The molecule has 1 aliphatic rings. The van der Waals surface area contributed by atoms with Gasteiger partial charge in [0.2, 0.25) is 0 Å². The van der Waals surface area contributed by atoms with Gasteiger partial charge in [0, 0.05) is 25.0 Å². The van der Waals surface area contributed by atoms with E-state index in [2.05, 4.69) is 15.2 Å². The first-order valence-electron chi connectivity index (χ1n) is 8.92. The molecular formula is C20H21FN4O. The number of nitrogens with one attached hydrogen (secondary N) is 1. The van der Waals surface area contributed by atoms with E-state index >= 15 is 0 Å². The first kappa shape index (κ1) is 16.6. The van der Waals surface area contributed by atoms with Gasteiger partial charge in [-0.15, -0.1) is 0 Å². The summed E-state index contributed by atoms with van der Waals surface area (Å²) in [6.45, 7) is 3.79. The maximum atomic E-state index is 13.8. The molecule has 0 radical (unpaired) electrons. The van der Waals surface area contributed by atoms with Gasteiger partial charge in [-0.1, -0.05) is 6.07 Å². The monoisotopic (exact) mass is 352 g/mol. The normalized spacial score (nSPS) is 14.6. The van der Waals surface area contributed by atoms with Crippen LogP contribution in [0.2, 0.25) is 0 Å². The number of aryl methyl sites for hydroxylation is 1. The van der Waals surface area contributed by atoms with Gasteiger partial charge in [0.1, 0.15) is 17.2 Å². The van der Waals surface area contributed by atoms with Gasteiger partial charge in [-0.3, -0.25) is 4.79 Å². The van der Waals surface area contributed by atoms with E-state index in [9.17, 15) is 9.18 Å². The van der Waals surface area contributed by atoms with Crippen molar-refractivity contribution in [3.05, 3.63) is 59.8 Å². The van der Waals surface area contributed by atoms with Gasteiger partial charge in [0.05, 0.1) is 11.4 Å². The average molecular weight is 352 g/mol. The number of nitrogens with zero attached hydrogens (tertiary/aromatic N) is 3. The molecule has 1 fully saturated rings. The topological polar surface area (TPSA) is 49.6 Å². The standard InChI is InChI=1S/C20H21FN4O/c1-14-6-5-7-19-22-17(13-25(14)19)20(26)23-16-12-15(21)8-9-18(16)24-10-3-2-4-11-24/h5-9,12-13H,2-4,10-11H2,1H3,(H,23,26). The molecule has 0 atom stereocenters. The number of carbonyl (C=O) groups is 1. The Morgan fingerprint density at radius 2 is 1.96 bits per heavy atom. The van der Waals surface area contributed by atoms with Crippen molar-refractivity contribution in [2.24, 2.45) is 0 Å². The summed E-state index contributed by atoms with van der Waals surface area (Å²) in [4.78, 5) is 19.3. The molecule has 2 aromatic heterocycles. The number of pyridine rings is 1. The second-order valence-electron chi connectivity index (χ2n) is 6.68. The number of imidazole rings is 1. The first-order valence-corrected chi connectivity index (χ1v) is 8.92. The van der Waals surface area contributed by atoms with Crippen molar-refractivity contribution in [2.75, 3.05) is 23.3 Å². The molecule has 6 heteroatoms. The van der Waals surface area contributed by atoms with Crippen molar-refractivity contribution >= 4 is 22.9 Å². The maximum absolute atomic E-state index is 13.8. The Hall–Kier alpha value is -2.89. The largest absolute Gasteiger partial charge is 0.370 e. The number of anilines is 2. The van der Waals surface area contributed by atoms with Crippen LogP contribution < -0.4 is 10.2 Å². The molecule has 4 rings (SSSR count). The molecule has 5 nitrogen and oxygen atoms in total. The van der Waals surface area contributed by atoms with E-state index in [1.165, 1.54) is 18.6 Å². The zero-order chi connectivity index (χ0) is 18.1. The number of fused-ring (bicyclic) bond motifs is 1. The molecular weight excluding hydrogens is 331 g/mol. The molecule has 3 heterocycles. The molecule has 26 heavy (non-hydrogen) atoms.